The molecule has 66 valence electrons. The van der Waals surface area contributed by atoms with E-state index in [1.54, 1.807) is 22.3 Å². The minimum atomic E-state index is 1.19. The lowest BCUT2D eigenvalue weighted by Gasteiger charge is -2.24. The van der Waals surface area contributed by atoms with Crippen LogP contribution in [-0.2, 0) is 0 Å². The molecule has 0 aromatic rings. The maximum absolute atomic E-state index is 2.33. The molecule has 0 unspecified atom stereocenters. The van der Waals surface area contributed by atoms with E-state index in [9.17, 15) is 0 Å². The summed E-state index contributed by atoms with van der Waals surface area (Å²) in [5.41, 5.74) is 6.67. The summed E-state index contributed by atoms with van der Waals surface area (Å²) in [5.74, 6) is 0. The standard InChI is InChI=1S/C13H14/c1-2-6-12-10(4-1)8-9-11-5-3-7-13(11)12/h1-3,5H,4,6-9H2. The molecule has 0 heteroatoms. The number of allylic oxidation sites excluding steroid dienone is 8. The summed E-state index contributed by atoms with van der Waals surface area (Å²) in [6.45, 7) is 0. The molecule has 0 atom stereocenters. The molecule has 13 heavy (non-hydrogen) atoms. The normalized spacial score (nSPS) is 25.2. The van der Waals surface area contributed by atoms with Crippen LogP contribution in [-0.4, -0.2) is 0 Å². The lowest BCUT2D eigenvalue weighted by Crippen LogP contribution is -2.05. The summed E-state index contributed by atoms with van der Waals surface area (Å²) >= 11 is 0. The van der Waals surface area contributed by atoms with Crippen LogP contribution in [0.2, 0.25) is 0 Å². The zero-order valence-corrected chi connectivity index (χ0v) is 7.84. The van der Waals surface area contributed by atoms with E-state index in [-0.39, 0.29) is 0 Å². The molecule has 0 amide bonds. The highest BCUT2D eigenvalue weighted by Crippen LogP contribution is 2.40. The average Bonchev–Trinajstić information content (AvgIpc) is 2.65. The Morgan fingerprint density at radius 3 is 2.62 bits per heavy atom. The van der Waals surface area contributed by atoms with Gasteiger partial charge in [0.15, 0.2) is 0 Å². The van der Waals surface area contributed by atoms with Crippen LogP contribution in [0.1, 0.15) is 32.1 Å². The Labute approximate surface area is 79.3 Å². The first-order valence-corrected chi connectivity index (χ1v) is 5.20. The van der Waals surface area contributed by atoms with E-state index in [1.165, 1.54) is 32.1 Å². The van der Waals surface area contributed by atoms with E-state index < -0.39 is 0 Å². The summed E-state index contributed by atoms with van der Waals surface area (Å²) in [6, 6.07) is 0. The SMILES string of the molecule is C1=CCC2=C(C1)CCC1=C2CC=C1. The number of fused-ring (bicyclic) bond motifs is 1. The van der Waals surface area contributed by atoms with Gasteiger partial charge in [0.1, 0.15) is 0 Å². The highest BCUT2D eigenvalue weighted by molar-refractivity contribution is 5.52. The molecule has 0 aromatic carbocycles. The third kappa shape index (κ3) is 1.05. The van der Waals surface area contributed by atoms with Crippen molar-refractivity contribution < 1.29 is 0 Å². The van der Waals surface area contributed by atoms with Crippen LogP contribution in [0.4, 0.5) is 0 Å². The van der Waals surface area contributed by atoms with Crippen molar-refractivity contribution in [3.8, 4) is 0 Å². The monoisotopic (exact) mass is 170 g/mol. The zero-order valence-electron chi connectivity index (χ0n) is 7.84. The predicted octanol–water partition coefficient (Wildman–Crippen LogP) is 3.68. The Balaban J connectivity index is 2.04. The Hall–Kier alpha value is -1.04. The lowest BCUT2D eigenvalue weighted by molar-refractivity contribution is 0.832. The van der Waals surface area contributed by atoms with Crippen molar-refractivity contribution in [3.63, 3.8) is 0 Å². The van der Waals surface area contributed by atoms with Gasteiger partial charge in [0.2, 0.25) is 0 Å². The molecule has 0 nitrogen and oxygen atoms in total. The molecular formula is C13H14. The smallest absolute Gasteiger partial charge is 0.00887 e. The van der Waals surface area contributed by atoms with Gasteiger partial charge in [-0.3, -0.25) is 0 Å². The van der Waals surface area contributed by atoms with Gasteiger partial charge in [-0.2, -0.15) is 0 Å². The Morgan fingerprint density at radius 2 is 1.62 bits per heavy atom. The van der Waals surface area contributed by atoms with Crippen molar-refractivity contribution in [1.29, 1.82) is 0 Å². The summed E-state index contributed by atoms with van der Waals surface area (Å²) in [7, 11) is 0. The van der Waals surface area contributed by atoms with Crippen LogP contribution in [0.15, 0.2) is 46.6 Å². The molecule has 3 aliphatic carbocycles. The number of rotatable bonds is 0. The Kier molecular flexibility index (Phi) is 1.55. The molecule has 0 saturated heterocycles. The van der Waals surface area contributed by atoms with E-state index in [0.29, 0.717) is 0 Å². The molecule has 0 radical (unpaired) electrons. The molecule has 0 heterocycles. The van der Waals surface area contributed by atoms with Crippen molar-refractivity contribution in [3.05, 3.63) is 46.6 Å². The van der Waals surface area contributed by atoms with Crippen LogP contribution < -0.4 is 0 Å². The Bertz CT molecular complexity index is 361. The minimum absolute atomic E-state index is 1.19. The molecule has 0 N–H and O–H groups in total. The molecule has 3 rings (SSSR count). The van der Waals surface area contributed by atoms with Gasteiger partial charge in [-0.25, -0.2) is 0 Å². The predicted molar refractivity (Wildman–Crippen MR) is 55.4 cm³/mol. The Morgan fingerprint density at radius 1 is 0.769 bits per heavy atom. The van der Waals surface area contributed by atoms with Gasteiger partial charge < -0.3 is 0 Å². The first-order chi connectivity index (χ1) is 6.45. The van der Waals surface area contributed by atoms with Gasteiger partial charge in [0.25, 0.3) is 0 Å². The zero-order chi connectivity index (χ0) is 8.67. The maximum Gasteiger partial charge on any atom is -0.00887 e. The highest BCUT2D eigenvalue weighted by atomic mass is 14.3. The average molecular weight is 170 g/mol. The van der Waals surface area contributed by atoms with E-state index >= 15 is 0 Å². The third-order valence-corrected chi connectivity index (χ3v) is 3.37. The fourth-order valence-corrected chi connectivity index (χ4v) is 2.67. The van der Waals surface area contributed by atoms with Crippen molar-refractivity contribution >= 4 is 0 Å². The maximum atomic E-state index is 2.33. The van der Waals surface area contributed by atoms with Crippen LogP contribution >= 0.6 is 0 Å². The molecule has 0 bridgehead atoms. The molecule has 0 aliphatic heterocycles. The summed E-state index contributed by atoms with van der Waals surface area (Å²) < 4.78 is 0. The van der Waals surface area contributed by atoms with Gasteiger partial charge >= 0.3 is 0 Å². The van der Waals surface area contributed by atoms with Gasteiger partial charge in [0.05, 0.1) is 0 Å². The van der Waals surface area contributed by atoms with Crippen molar-refractivity contribution in [1.82, 2.24) is 0 Å². The van der Waals surface area contributed by atoms with E-state index in [2.05, 4.69) is 24.3 Å². The van der Waals surface area contributed by atoms with Gasteiger partial charge in [0, 0.05) is 0 Å². The van der Waals surface area contributed by atoms with E-state index in [1.807, 2.05) is 0 Å². The number of hydrogen-bond acceptors (Lipinski definition) is 0. The molecule has 0 aromatic heterocycles. The first-order valence-electron chi connectivity index (χ1n) is 5.20. The van der Waals surface area contributed by atoms with Gasteiger partial charge in [-0.1, -0.05) is 29.9 Å². The third-order valence-electron chi connectivity index (χ3n) is 3.37. The fourth-order valence-electron chi connectivity index (χ4n) is 2.67. The van der Waals surface area contributed by atoms with E-state index in [4.69, 9.17) is 0 Å². The van der Waals surface area contributed by atoms with Gasteiger partial charge in [-0.05, 0) is 48.8 Å². The van der Waals surface area contributed by atoms with Crippen LogP contribution in [0.3, 0.4) is 0 Å². The summed E-state index contributed by atoms with van der Waals surface area (Å²) in [4.78, 5) is 0. The van der Waals surface area contributed by atoms with Crippen molar-refractivity contribution in [2.24, 2.45) is 0 Å². The lowest BCUT2D eigenvalue weighted by atomic mass is 9.81. The van der Waals surface area contributed by atoms with Crippen molar-refractivity contribution in [2.75, 3.05) is 0 Å². The molecule has 0 spiro atoms. The largest absolute Gasteiger partial charge is 0.0841 e. The van der Waals surface area contributed by atoms with Crippen LogP contribution in [0, 0.1) is 0 Å². The van der Waals surface area contributed by atoms with E-state index in [0.717, 1.165) is 0 Å². The summed E-state index contributed by atoms with van der Waals surface area (Å²) in [6.07, 6.45) is 15.5. The topological polar surface area (TPSA) is 0 Å². The molecule has 0 saturated carbocycles. The molecule has 3 aliphatic rings. The van der Waals surface area contributed by atoms with Crippen LogP contribution in [0.5, 0.6) is 0 Å². The second-order valence-corrected chi connectivity index (χ2v) is 4.07. The van der Waals surface area contributed by atoms with Crippen LogP contribution in [0.25, 0.3) is 0 Å². The number of hydrogen-bond donors (Lipinski definition) is 0. The summed E-state index contributed by atoms with van der Waals surface area (Å²) in [5, 5.41) is 0. The first kappa shape index (κ1) is 7.37. The second kappa shape index (κ2) is 2.73. The minimum Gasteiger partial charge on any atom is -0.0841 e. The van der Waals surface area contributed by atoms with Gasteiger partial charge in [-0.15, -0.1) is 0 Å². The fraction of sp³-hybridized carbons (Fsp3) is 0.385. The highest BCUT2D eigenvalue weighted by Gasteiger charge is 2.21. The van der Waals surface area contributed by atoms with Crippen molar-refractivity contribution in [2.45, 2.75) is 32.1 Å². The quantitative estimate of drug-likeness (QED) is 0.486. The second-order valence-electron chi connectivity index (χ2n) is 4.07. The molecule has 0 fully saturated rings. The molecular weight excluding hydrogens is 156 g/mol.